The molecule has 32 heavy (non-hydrogen) atoms. The zero-order valence-corrected chi connectivity index (χ0v) is 19.5. The number of hydrogen-bond donors (Lipinski definition) is 2. The van der Waals surface area contributed by atoms with E-state index in [2.05, 4.69) is 84.0 Å². The maximum absolute atomic E-state index is 13.9. The first-order chi connectivity index (χ1) is 15.6. The van der Waals surface area contributed by atoms with E-state index in [1.165, 1.54) is 24.0 Å². The van der Waals surface area contributed by atoms with Gasteiger partial charge in [0.05, 0.1) is 0 Å². The van der Waals surface area contributed by atoms with Gasteiger partial charge in [0, 0.05) is 31.6 Å². The molecule has 0 spiro atoms. The number of fused-ring (bicyclic) bond motifs is 1. The summed E-state index contributed by atoms with van der Waals surface area (Å²) in [4.78, 5) is 16.5. The number of carbonyl (C=O) groups excluding carboxylic acids is 1. The highest BCUT2D eigenvalue weighted by atomic mass is 16.2. The van der Waals surface area contributed by atoms with Crippen molar-refractivity contribution in [3.63, 3.8) is 0 Å². The summed E-state index contributed by atoms with van der Waals surface area (Å²) < 4.78 is 0. The summed E-state index contributed by atoms with van der Waals surface area (Å²) in [5.74, 6) is 2.54. The molecule has 0 radical (unpaired) electrons. The van der Waals surface area contributed by atoms with E-state index >= 15 is 0 Å². The van der Waals surface area contributed by atoms with Crippen LogP contribution in [-0.2, 0) is 17.8 Å². The molecular weight excluding hydrogens is 394 g/mol. The Morgan fingerprint density at radius 1 is 1.09 bits per heavy atom. The minimum atomic E-state index is -0.445. The van der Waals surface area contributed by atoms with Crippen LogP contribution < -0.4 is 10.6 Å². The number of hydrogen-bond acceptors (Lipinski definition) is 3. The van der Waals surface area contributed by atoms with Crippen molar-refractivity contribution in [2.45, 2.75) is 51.2 Å². The average molecular weight is 432 g/mol. The molecule has 3 saturated heterocycles. The van der Waals surface area contributed by atoms with Crippen molar-refractivity contribution in [3.05, 3.63) is 71.8 Å². The van der Waals surface area contributed by atoms with Crippen LogP contribution >= 0.6 is 0 Å². The SMILES string of the molecule is CC(C)C[C@@H]1[C@@H]2CN[C@@]3(C(=O)NCCc4ccccc4)[C@@H](C2)CN(Cc2ccccc2)[C@@H]13. The third kappa shape index (κ3) is 3.88. The molecule has 4 aliphatic rings. The lowest BCUT2D eigenvalue weighted by Crippen LogP contribution is -2.76. The fourth-order valence-corrected chi connectivity index (χ4v) is 6.88. The Morgan fingerprint density at radius 2 is 1.78 bits per heavy atom. The first-order valence-corrected chi connectivity index (χ1v) is 12.4. The van der Waals surface area contributed by atoms with E-state index in [1.54, 1.807) is 0 Å². The molecule has 3 heterocycles. The predicted molar refractivity (Wildman–Crippen MR) is 129 cm³/mol. The first-order valence-electron chi connectivity index (χ1n) is 12.4. The van der Waals surface area contributed by atoms with Crippen molar-refractivity contribution < 1.29 is 4.79 Å². The number of amides is 1. The van der Waals surface area contributed by atoms with Gasteiger partial charge in [-0.2, -0.15) is 0 Å². The van der Waals surface area contributed by atoms with Crippen molar-refractivity contribution in [3.8, 4) is 0 Å². The summed E-state index contributed by atoms with van der Waals surface area (Å²) in [6.07, 6.45) is 3.26. The van der Waals surface area contributed by atoms with E-state index in [1.807, 2.05) is 6.07 Å². The Balaban J connectivity index is 1.38. The smallest absolute Gasteiger partial charge is 0.242 e. The molecule has 2 aromatic carbocycles. The fourth-order valence-electron chi connectivity index (χ4n) is 6.88. The van der Waals surface area contributed by atoms with Gasteiger partial charge in [0.2, 0.25) is 5.91 Å². The summed E-state index contributed by atoms with van der Waals surface area (Å²) in [7, 11) is 0. The summed E-state index contributed by atoms with van der Waals surface area (Å²) in [5, 5.41) is 7.16. The van der Waals surface area contributed by atoms with Crippen molar-refractivity contribution >= 4 is 5.91 Å². The van der Waals surface area contributed by atoms with E-state index in [0.717, 1.165) is 26.1 Å². The molecule has 4 fully saturated rings. The molecule has 2 aromatic rings. The van der Waals surface area contributed by atoms with Gasteiger partial charge in [0.1, 0.15) is 5.54 Å². The highest BCUT2D eigenvalue weighted by Crippen LogP contribution is 2.54. The van der Waals surface area contributed by atoms with Crippen LogP contribution in [0.1, 0.15) is 37.8 Å². The summed E-state index contributed by atoms with van der Waals surface area (Å²) >= 11 is 0. The van der Waals surface area contributed by atoms with Crippen LogP contribution in [0.15, 0.2) is 60.7 Å². The fraction of sp³-hybridized carbons (Fsp3) is 0.536. The Bertz CT molecular complexity index is 915. The lowest BCUT2D eigenvalue weighted by Gasteiger charge is -2.56. The van der Waals surface area contributed by atoms with Crippen LogP contribution in [0.3, 0.4) is 0 Å². The molecule has 2 N–H and O–H groups in total. The number of rotatable bonds is 8. The Morgan fingerprint density at radius 3 is 2.47 bits per heavy atom. The van der Waals surface area contributed by atoms with Crippen molar-refractivity contribution in [2.75, 3.05) is 19.6 Å². The quantitative estimate of drug-likeness (QED) is 0.667. The van der Waals surface area contributed by atoms with Crippen LogP contribution in [0.5, 0.6) is 0 Å². The third-order valence-electron chi connectivity index (χ3n) is 8.10. The van der Waals surface area contributed by atoms with Gasteiger partial charge in [-0.25, -0.2) is 0 Å². The topological polar surface area (TPSA) is 44.4 Å². The average Bonchev–Trinajstić information content (AvgIpc) is 3.06. The zero-order chi connectivity index (χ0) is 22.1. The number of likely N-dealkylation sites (tertiary alicyclic amines) is 1. The second-order valence-corrected chi connectivity index (χ2v) is 10.6. The number of piperidine rings is 2. The van der Waals surface area contributed by atoms with Gasteiger partial charge in [-0.15, -0.1) is 0 Å². The Hall–Kier alpha value is -2.17. The van der Waals surface area contributed by atoms with Gasteiger partial charge in [-0.3, -0.25) is 9.69 Å². The van der Waals surface area contributed by atoms with Crippen molar-refractivity contribution in [1.29, 1.82) is 0 Å². The Kier molecular flexibility index (Phi) is 6.09. The first kappa shape index (κ1) is 21.7. The number of nitrogens with one attached hydrogen (secondary N) is 2. The van der Waals surface area contributed by atoms with Crippen molar-refractivity contribution in [1.82, 2.24) is 15.5 Å². The van der Waals surface area contributed by atoms with E-state index in [4.69, 9.17) is 0 Å². The predicted octanol–water partition coefficient (Wildman–Crippen LogP) is 3.87. The second-order valence-electron chi connectivity index (χ2n) is 10.6. The van der Waals surface area contributed by atoms with Gasteiger partial charge < -0.3 is 10.6 Å². The maximum Gasteiger partial charge on any atom is 0.242 e. The maximum atomic E-state index is 13.9. The molecule has 170 valence electrons. The van der Waals surface area contributed by atoms with Crippen LogP contribution in [-0.4, -0.2) is 42.0 Å². The molecule has 4 bridgehead atoms. The zero-order valence-electron chi connectivity index (χ0n) is 19.5. The Labute approximate surface area is 192 Å². The highest BCUT2D eigenvalue weighted by molar-refractivity contribution is 5.89. The summed E-state index contributed by atoms with van der Waals surface area (Å²) in [6.45, 7) is 8.29. The highest BCUT2D eigenvalue weighted by Gasteiger charge is 2.67. The van der Waals surface area contributed by atoms with Crippen LogP contribution in [0, 0.1) is 23.7 Å². The second kappa shape index (κ2) is 8.99. The van der Waals surface area contributed by atoms with Crippen LogP contribution in [0.25, 0.3) is 0 Å². The largest absolute Gasteiger partial charge is 0.354 e. The van der Waals surface area contributed by atoms with Gasteiger partial charge in [-0.1, -0.05) is 74.5 Å². The van der Waals surface area contributed by atoms with E-state index < -0.39 is 5.54 Å². The minimum absolute atomic E-state index is 0.228. The van der Waals surface area contributed by atoms with E-state index in [0.29, 0.717) is 30.2 Å². The molecule has 0 unspecified atom stereocenters. The summed E-state index contributed by atoms with van der Waals surface area (Å²) in [6, 6.07) is 21.5. The van der Waals surface area contributed by atoms with Crippen LogP contribution in [0.2, 0.25) is 0 Å². The van der Waals surface area contributed by atoms with Gasteiger partial charge in [-0.05, 0) is 54.7 Å². The van der Waals surface area contributed by atoms with E-state index in [-0.39, 0.29) is 11.9 Å². The molecule has 1 saturated carbocycles. The molecule has 1 amide bonds. The molecule has 1 aliphatic carbocycles. The normalized spacial score (nSPS) is 31.2. The van der Waals surface area contributed by atoms with Gasteiger partial charge in [0.25, 0.3) is 0 Å². The number of nitrogens with zero attached hydrogens (tertiary/aromatic N) is 1. The monoisotopic (exact) mass is 431 g/mol. The molecule has 6 rings (SSSR count). The number of carbonyl (C=O) groups is 1. The number of benzene rings is 2. The van der Waals surface area contributed by atoms with E-state index in [9.17, 15) is 4.79 Å². The van der Waals surface area contributed by atoms with Gasteiger partial charge >= 0.3 is 0 Å². The lowest BCUT2D eigenvalue weighted by molar-refractivity contribution is -0.138. The summed E-state index contributed by atoms with van der Waals surface area (Å²) in [5.41, 5.74) is 2.18. The van der Waals surface area contributed by atoms with Gasteiger partial charge in [0.15, 0.2) is 0 Å². The molecular formula is C28H37N3O. The minimum Gasteiger partial charge on any atom is -0.354 e. The molecule has 3 aliphatic heterocycles. The standard InChI is InChI=1S/C28H37N3O/c1-20(2)15-25-23-16-24-19-31(18-22-11-7-4-8-12-22)26(25)28(24,30-17-23)27(32)29-14-13-21-9-5-3-6-10-21/h3-12,20,23-26,30H,13-19H2,1-2H3,(H,29,32)/t23-,24-,25+,26-,28-/m0/s1. The molecule has 5 atom stereocenters. The molecule has 0 aromatic heterocycles. The third-order valence-corrected chi connectivity index (χ3v) is 8.10. The van der Waals surface area contributed by atoms with Crippen molar-refractivity contribution in [2.24, 2.45) is 23.7 Å². The lowest BCUT2D eigenvalue weighted by atomic mass is 9.58. The molecule has 4 nitrogen and oxygen atoms in total. The molecule has 4 heteroatoms. The van der Waals surface area contributed by atoms with Crippen LogP contribution in [0.4, 0.5) is 0 Å².